The van der Waals surface area contributed by atoms with Crippen LogP contribution < -0.4 is 16.2 Å². The summed E-state index contributed by atoms with van der Waals surface area (Å²) in [5.41, 5.74) is 11.8. The van der Waals surface area contributed by atoms with Crippen LogP contribution in [0.3, 0.4) is 0 Å². The number of nitrogens with one attached hydrogen (secondary N) is 2. The fourth-order valence-corrected chi connectivity index (χ4v) is 3.40. The number of hydrogen-bond donors (Lipinski definition) is 5. The minimum absolute atomic E-state index is 0.0170. The third-order valence-corrected chi connectivity index (χ3v) is 5.55. The summed E-state index contributed by atoms with van der Waals surface area (Å²) in [7, 11) is 1.35. The monoisotopic (exact) mass is 523 g/mol. The van der Waals surface area contributed by atoms with Crippen LogP contribution >= 0.6 is 11.8 Å². The maximum absolute atomic E-state index is 13.4. The summed E-state index contributed by atoms with van der Waals surface area (Å²) in [6.07, 6.45) is 2.17. The molecule has 9 nitrogen and oxygen atoms in total. The Morgan fingerprint density at radius 2 is 2.03 bits per heavy atom. The molecule has 0 spiro atoms. The van der Waals surface area contributed by atoms with Gasteiger partial charge in [-0.05, 0) is 54.1 Å². The molecule has 190 valence electrons. The van der Waals surface area contributed by atoms with Crippen molar-refractivity contribution in [3.8, 4) is 40.6 Å². The smallest absolute Gasteiger partial charge is 0.280 e. The summed E-state index contributed by atoms with van der Waals surface area (Å²) in [4.78, 5) is 11.9. The van der Waals surface area contributed by atoms with Gasteiger partial charge >= 0.3 is 0 Å². The van der Waals surface area contributed by atoms with Crippen molar-refractivity contribution in [1.29, 1.82) is 10.8 Å². The molecule has 0 amide bonds. The summed E-state index contributed by atoms with van der Waals surface area (Å²) in [6.45, 7) is 0. The zero-order chi connectivity index (χ0) is 26.9. The number of methoxy groups -OCH3 is 1. The highest BCUT2D eigenvalue weighted by atomic mass is 32.2. The molecule has 1 aliphatic carbocycles. The van der Waals surface area contributed by atoms with Gasteiger partial charge in [-0.15, -0.1) is 0 Å². The molecular weight excluding hydrogens is 500 g/mol. The van der Waals surface area contributed by atoms with Crippen LogP contribution in [0.15, 0.2) is 41.3 Å². The number of rotatable bonds is 6. The first-order valence-corrected chi connectivity index (χ1v) is 11.6. The summed E-state index contributed by atoms with van der Waals surface area (Å²) in [5.74, 6) is 11.5. The van der Waals surface area contributed by atoms with Crippen molar-refractivity contribution in [2.24, 2.45) is 22.4 Å². The number of aliphatic imine (C=N–C) groups is 1. The highest BCUT2D eigenvalue weighted by Crippen LogP contribution is 2.37. The average molecular weight is 524 g/mol. The van der Waals surface area contributed by atoms with Crippen molar-refractivity contribution in [1.82, 2.24) is 9.97 Å². The Hall–Kier alpha value is -4.26. The number of ether oxygens (including phenoxy) is 1. The van der Waals surface area contributed by atoms with E-state index >= 15 is 0 Å². The van der Waals surface area contributed by atoms with Gasteiger partial charge in [0.15, 0.2) is 11.4 Å². The van der Waals surface area contributed by atoms with Crippen molar-refractivity contribution >= 4 is 28.2 Å². The van der Waals surface area contributed by atoms with Crippen LogP contribution in [0, 0.1) is 40.4 Å². The Morgan fingerprint density at radius 3 is 2.65 bits per heavy atom. The van der Waals surface area contributed by atoms with E-state index in [0.29, 0.717) is 5.92 Å². The van der Waals surface area contributed by atoms with E-state index in [-0.39, 0.29) is 43.9 Å². The lowest BCUT2D eigenvalue weighted by Crippen LogP contribution is -2.12. The molecule has 1 fully saturated rings. The number of nitrogens with zero attached hydrogens (tertiary/aromatic N) is 3. The normalized spacial score (nSPS) is 14.2. The van der Waals surface area contributed by atoms with Crippen LogP contribution in [-0.4, -0.2) is 38.6 Å². The van der Waals surface area contributed by atoms with Crippen LogP contribution in [0.5, 0.6) is 5.75 Å². The van der Waals surface area contributed by atoms with Crippen LogP contribution in [0.2, 0.25) is 0 Å². The van der Waals surface area contributed by atoms with Crippen LogP contribution in [0.4, 0.5) is 8.78 Å². The number of aliphatic hydroxyl groups excluding tert-OH is 1. The van der Waals surface area contributed by atoms with E-state index in [4.69, 9.17) is 27.0 Å². The van der Waals surface area contributed by atoms with Crippen molar-refractivity contribution < 1.29 is 18.6 Å². The standard InChI is InChI=1S/C25H23F2N7O2S/c1-36-21-13-33-20(23(26)27)9-18(21)17-8-16(6-4-15(10-28)11-29)32-12-19(17)24(35)34-25(31)37-22(30)7-5-14-2-3-14/h8-14,23-24,28,30,35H,2-3,29H2,1H3,(H2,31,34)/b15-11-,28-10?,30-22?. The third-order valence-electron chi connectivity index (χ3n) is 4.93. The lowest BCUT2D eigenvalue weighted by atomic mass is 9.98. The molecule has 0 bridgehead atoms. The molecule has 1 atom stereocenters. The SMILES string of the molecule is COc1cnc(C(F)F)cc1-c1cc(C#C/C(C=N)=C/N)ncc1C(O)/N=C(\N)SC(=N)C#CC1CC1. The molecule has 2 aromatic heterocycles. The van der Waals surface area contributed by atoms with E-state index in [1.54, 1.807) is 0 Å². The number of halogens is 2. The number of nitrogens with two attached hydrogens (primary N) is 2. The third kappa shape index (κ3) is 7.61. The van der Waals surface area contributed by atoms with E-state index in [2.05, 4.69) is 38.6 Å². The molecule has 1 saturated carbocycles. The molecule has 3 rings (SSSR count). The van der Waals surface area contributed by atoms with Crippen molar-refractivity contribution in [2.45, 2.75) is 25.5 Å². The van der Waals surface area contributed by atoms with E-state index < -0.39 is 18.3 Å². The minimum Gasteiger partial charge on any atom is -0.494 e. The minimum atomic E-state index is -2.85. The topological polar surface area (TPSA) is 167 Å². The predicted octanol–water partition coefficient (Wildman–Crippen LogP) is 3.36. The maximum Gasteiger partial charge on any atom is 0.280 e. The zero-order valence-electron chi connectivity index (χ0n) is 19.6. The van der Waals surface area contributed by atoms with Gasteiger partial charge in [0.1, 0.15) is 22.2 Å². The first kappa shape index (κ1) is 27.3. The second-order valence-corrected chi connectivity index (χ2v) is 8.63. The maximum atomic E-state index is 13.4. The van der Waals surface area contributed by atoms with Gasteiger partial charge in [-0.2, -0.15) is 0 Å². The van der Waals surface area contributed by atoms with Gasteiger partial charge in [-0.25, -0.2) is 18.8 Å². The summed E-state index contributed by atoms with van der Waals surface area (Å²) in [5, 5.41) is 26.0. The van der Waals surface area contributed by atoms with Crippen LogP contribution in [0.1, 0.15) is 42.4 Å². The number of pyridine rings is 2. The molecule has 2 heterocycles. The molecule has 0 aromatic carbocycles. The number of alkyl halides is 2. The van der Waals surface area contributed by atoms with Crippen molar-refractivity contribution in [3.05, 3.63) is 53.3 Å². The number of allylic oxidation sites excluding steroid dienone is 1. The molecule has 0 saturated heterocycles. The molecule has 0 aliphatic heterocycles. The molecule has 12 heteroatoms. The van der Waals surface area contributed by atoms with Gasteiger partial charge in [-0.3, -0.25) is 10.4 Å². The summed E-state index contributed by atoms with van der Waals surface area (Å²) in [6, 6.07) is 2.60. The van der Waals surface area contributed by atoms with Gasteiger partial charge < -0.3 is 26.7 Å². The van der Waals surface area contributed by atoms with E-state index in [0.717, 1.165) is 49.3 Å². The predicted molar refractivity (Wildman–Crippen MR) is 139 cm³/mol. The quantitative estimate of drug-likeness (QED) is 0.220. The largest absolute Gasteiger partial charge is 0.494 e. The highest BCUT2D eigenvalue weighted by molar-refractivity contribution is 8.26. The number of thioether (sulfide) groups is 1. The Morgan fingerprint density at radius 1 is 1.27 bits per heavy atom. The van der Waals surface area contributed by atoms with Crippen molar-refractivity contribution in [2.75, 3.05) is 7.11 Å². The Balaban J connectivity index is 2.06. The first-order valence-electron chi connectivity index (χ1n) is 10.8. The highest BCUT2D eigenvalue weighted by Gasteiger charge is 2.21. The number of amidine groups is 1. The van der Waals surface area contributed by atoms with Gasteiger partial charge in [-0.1, -0.05) is 11.8 Å². The van der Waals surface area contributed by atoms with Gasteiger partial charge in [0.2, 0.25) is 0 Å². The van der Waals surface area contributed by atoms with E-state index in [1.165, 1.54) is 19.4 Å². The number of aliphatic hydroxyl groups is 1. The molecule has 1 aliphatic rings. The average Bonchev–Trinajstić information content (AvgIpc) is 3.72. The van der Waals surface area contributed by atoms with Gasteiger partial charge in [0.05, 0.1) is 18.9 Å². The lowest BCUT2D eigenvalue weighted by Gasteiger charge is -2.16. The second kappa shape index (κ2) is 12.6. The van der Waals surface area contributed by atoms with Gasteiger partial charge in [0.25, 0.3) is 6.43 Å². The van der Waals surface area contributed by atoms with Crippen molar-refractivity contribution in [3.63, 3.8) is 0 Å². The molecule has 1 unspecified atom stereocenters. The summed E-state index contributed by atoms with van der Waals surface area (Å²) >= 11 is 0.789. The van der Waals surface area contributed by atoms with E-state index in [1.807, 2.05) is 0 Å². The fourth-order valence-electron chi connectivity index (χ4n) is 2.93. The Bertz CT molecular complexity index is 1380. The van der Waals surface area contributed by atoms with Crippen LogP contribution in [-0.2, 0) is 0 Å². The Kier molecular flexibility index (Phi) is 9.33. The number of hydrogen-bond acceptors (Lipinski definition) is 9. The second-order valence-electron chi connectivity index (χ2n) is 7.60. The van der Waals surface area contributed by atoms with E-state index in [9.17, 15) is 13.9 Å². The molecule has 37 heavy (non-hydrogen) atoms. The zero-order valence-corrected chi connectivity index (χ0v) is 20.4. The molecule has 7 N–H and O–H groups in total. The molecule has 2 aromatic rings. The molecular formula is C25H23F2N7O2S. The first-order chi connectivity index (χ1) is 17.7. The Labute approximate surface area is 216 Å². The number of aromatic nitrogens is 2. The van der Waals surface area contributed by atoms with Gasteiger partial charge in [0, 0.05) is 35.7 Å². The summed E-state index contributed by atoms with van der Waals surface area (Å²) < 4.78 is 32.2. The molecule has 0 radical (unpaired) electrons. The fraction of sp³-hybridized carbons (Fsp3) is 0.240. The van der Waals surface area contributed by atoms with Crippen LogP contribution in [0.25, 0.3) is 11.1 Å². The lowest BCUT2D eigenvalue weighted by molar-refractivity contribution is 0.146.